The van der Waals surface area contributed by atoms with Gasteiger partial charge >= 0.3 is 0 Å². The normalized spacial score (nSPS) is 11.2. The fourth-order valence-electron chi connectivity index (χ4n) is 2.15. The van der Waals surface area contributed by atoms with Crippen LogP contribution in [-0.4, -0.2) is 19.6 Å². The second-order valence-corrected chi connectivity index (χ2v) is 5.17. The maximum atomic E-state index is 12.1. The molecule has 2 aromatic heterocycles. The minimum absolute atomic E-state index is 0.137. The van der Waals surface area contributed by atoms with Gasteiger partial charge in [0.15, 0.2) is 0 Å². The number of para-hydroxylation sites is 1. The molecule has 0 amide bonds. The summed E-state index contributed by atoms with van der Waals surface area (Å²) in [5, 5.41) is 4.63. The molecule has 96 valence electrons. The van der Waals surface area contributed by atoms with Gasteiger partial charge in [0, 0.05) is 5.56 Å². The van der Waals surface area contributed by atoms with Gasteiger partial charge in [0.25, 0.3) is 5.56 Å². The fourth-order valence-corrected chi connectivity index (χ4v) is 2.69. The van der Waals surface area contributed by atoms with E-state index in [4.69, 9.17) is 0 Å². The van der Waals surface area contributed by atoms with Crippen LogP contribution in [0.3, 0.4) is 0 Å². The first-order valence-electron chi connectivity index (χ1n) is 6.03. The Morgan fingerprint density at radius 1 is 1.05 bits per heavy atom. The van der Waals surface area contributed by atoms with E-state index in [1.165, 1.54) is 11.5 Å². The molecule has 0 aliphatic carbocycles. The summed E-state index contributed by atoms with van der Waals surface area (Å²) in [4.78, 5) is 19.4. The van der Waals surface area contributed by atoms with E-state index < -0.39 is 0 Å². The minimum Gasteiger partial charge on any atom is -0.306 e. The summed E-state index contributed by atoms with van der Waals surface area (Å²) in [7, 11) is 0. The van der Waals surface area contributed by atoms with Crippen molar-refractivity contribution in [2.24, 2.45) is 0 Å². The summed E-state index contributed by atoms with van der Waals surface area (Å²) in [5.74, 6) is 0.545. The molecule has 0 unspecified atom stereocenters. The Labute approximate surface area is 117 Å². The summed E-state index contributed by atoms with van der Waals surface area (Å²) in [5.41, 5.74) is 2.18. The van der Waals surface area contributed by atoms with Crippen LogP contribution in [0.1, 0.15) is 0 Å². The molecule has 4 aromatic rings. The minimum atomic E-state index is -0.137. The van der Waals surface area contributed by atoms with Gasteiger partial charge in [0.2, 0.25) is 0 Å². The first kappa shape index (κ1) is 11.2. The third-order valence-electron chi connectivity index (χ3n) is 3.13. The molecule has 0 spiro atoms. The highest BCUT2D eigenvalue weighted by Crippen LogP contribution is 2.22. The van der Waals surface area contributed by atoms with E-state index in [0.29, 0.717) is 16.7 Å². The molecule has 6 heteroatoms. The van der Waals surface area contributed by atoms with Gasteiger partial charge in [-0.05, 0) is 41.9 Å². The lowest BCUT2D eigenvalue weighted by Crippen LogP contribution is -2.09. The number of nitrogens with one attached hydrogen (secondary N) is 1. The number of rotatable bonds is 1. The van der Waals surface area contributed by atoms with Crippen LogP contribution in [0, 0.1) is 0 Å². The zero-order valence-electron chi connectivity index (χ0n) is 10.2. The molecule has 0 fully saturated rings. The quantitative estimate of drug-likeness (QED) is 0.581. The van der Waals surface area contributed by atoms with Crippen LogP contribution in [0.15, 0.2) is 47.3 Å². The highest BCUT2D eigenvalue weighted by Gasteiger charge is 2.07. The van der Waals surface area contributed by atoms with Crippen LogP contribution in [0.2, 0.25) is 0 Å². The monoisotopic (exact) mass is 280 g/mol. The molecule has 4 rings (SSSR count). The van der Waals surface area contributed by atoms with E-state index in [2.05, 4.69) is 19.6 Å². The lowest BCUT2D eigenvalue weighted by Gasteiger charge is -2.02. The van der Waals surface area contributed by atoms with Crippen LogP contribution >= 0.6 is 11.5 Å². The standard InChI is InChI=1S/C14H8N4OS/c19-14-9-3-1-2-4-10(9)15-13(16-14)8-5-6-12-11(7-8)17-18-20-12/h1-7H,(H,15,16,19). The number of aromatic amines is 1. The maximum Gasteiger partial charge on any atom is 0.259 e. The van der Waals surface area contributed by atoms with Gasteiger partial charge in [-0.15, -0.1) is 5.10 Å². The van der Waals surface area contributed by atoms with Gasteiger partial charge in [-0.3, -0.25) is 4.79 Å². The van der Waals surface area contributed by atoms with Crippen LogP contribution in [0.25, 0.3) is 32.5 Å². The van der Waals surface area contributed by atoms with E-state index >= 15 is 0 Å². The van der Waals surface area contributed by atoms with Gasteiger partial charge in [-0.2, -0.15) is 0 Å². The third kappa shape index (κ3) is 1.70. The summed E-state index contributed by atoms with van der Waals surface area (Å²) in [6.07, 6.45) is 0. The van der Waals surface area contributed by atoms with Gasteiger partial charge in [-0.25, -0.2) is 4.98 Å². The first-order chi connectivity index (χ1) is 9.81. The van der Waals surface area contributed by atoms with Crippen molar-refractivity contribution >= 4 is 32.7 Å². The number of benzene rings is 2. The molecule has 0 bridgehead atoms. The summed E-state index contributed by atoms with van der Waals surface area (Å²) in [6.45, 7) is 0. The lowest BCUT2D eigenvalue weighted by molar-refractivity contribution is 1.17. The molecule has 0 saturated carbocycles. The number of hydrogen-bond donors (Lipinski definition) is 1. The molecular formula is C14H8N4OS. The molecule has 0 radical (unpaired) electrons. The lowest BCUT2D eigenvalue weighted by atomic mass is 10.2. The van der Waals surface area contributed by atoms with Gasteiger partial charge in [-0.1, -0.05) is 16.6 Å². The van der Waals surface area contributed by atoms with Gasteiger partial charge in [0.05, 0.1) is 15.6 Å². The van der Waals surface area contributed by atoms with Crippen molar-refractivity contribution in [1.82, 2.24) is 19.6 Å². The Balaban J connectivity index is 1.99. The fraction of sp³-hybridized carbons (Fsp3) is 0. The largest absolute Gasteiger partial charge is 0.306 e. The number of nitrogens with zero attached hydrogens (tertiary/aromatic N) is 3. The molecule has 1 N–H and O–H groups in total. The van der Waals surface area contributed by atoms with Gasteiger partial charge in [0.1, 0.15) is 11.3 Å². The summed E-state index contributed by atoms with van der Waals surface area (Å²) < 4.78 is 4.91. The third-order valence-corrected chi connectivity index (χ3v) is 3.84. The second kappa shape index (κ2) is 4.21. The molecule has 2 aromatic carbocycles. The average Bonchev–Trinajstić information content (AvgIpc) is 2.94. The van der Waals surface area contributed by atoms with Crippen LogP contribution in [0.4, 0.5) is 0 Å². The predicted octanol–water partition coefficient (Wildman–Crippen LogP) is 2.59. The first-order valence-corrected chi connectivity index (χ1v) is 6.80. The van der Waals surface area contributed by atoms with Crippen molar-refractivity contribution in [2.75, 3.05) is 0 Å². The number of H-pyrrole nitrogens is 1. The number of hydrogen-bond acceptors (Lipinski definition) is 5. The van der Waals surface area contributed by atoms with Crippen molar-refractivity contribution in [3.05, 3.63) is 52.8 Å². The number of aromatic nitrogens is 4. The molecule has 0 aliphatic rings. The zero-order chi connectivity index (χ0) is 13.5. The van der Waals surface area contributed by atoms with Crippen molar-refractivity contribution in [3.8, 4) is 11.4 Å². The van der Waals surface area contributed by atoms with Crippen molar-refractivity contribution in [2.45, 2.75) is 0 Å². The Morgan fingerprint density at radius 3 is 2.90 bits per heavy atom. The van der Waals surface area contributed by atoms with Crippen molar-refractivity contribution in [1.29, 1.82) is 0 Å². The van der Waals surface area contributed by atoms with Crippen molar-refractivity contribution in [3.63, 3.8) is 0 Å². The van der Waals surface area contributed by atoms with E-state index in [-0.39, 0.29) is 5.56 Å². The van der Waals surface area contributed by atoms with Crippen LogP contribution in [-0.2, 0) is 0 Å². The van der Waals surface area contributed by atoms with E-state index in [0.717, 1.165) is 15.8 Å². The van der Waals surface area contributed by atoms with E-state index in [1.54, 1.807) is 6.07 Å². The Kier molecular flexibility index (Phi) is 2.37. The smallest absolute Gasteiger partial charge is 0.259 e. The van der Waals surface area contributed by atoms with Gasteiger partial charge < -0.3 is 4.98 Å². The van der Waals surface area contributed by atoms with E-state index in [1.807, 2.05) is 36.4 Å². The highest BCUT2D eigenvalue weighted by molar-refractivity contribution is 7.12. The predicted molar refractivity (Wildman–Crippen MR) is 78.8 cm³/mol. The molecule has 20 heavy (non-hydrogen) atoms. The zero-order valence-corrected chi connectivity index (χ0v) is 11.0. The van der Waals surface area contributed by atoms with Crippen LogP contribution in [0.5, 0.6) is 0 Å². The Morgan fingerprint density at radius 2 is 1.95 bits per heavy atom. The SMILES string of the molecule is O=c1[nH]c(-c2ccc3snnc3c2)nc2ccccc12. The second-order valence-electron chi connectivity index (χ2n) is 4.39. The van der Waals surface area contributed by atoms with E-state index in [9.17, 15) is 4.79 Å². The molecule has 0 saturated heterocycles. The molecular weight excluding hydrogens is 272 g/mol. The Bertz CT molecular complexity index is 989. The van der Waals surface area contributed by atoms with Crippen molar-refractivity contribution < 1.29 is 0 Å². The molecule has 5 nitrogen and oxygen atoms in total. The highest BCUT2D eigenvalue weighted by atomic mass is 32.1. The summed E-state index contributed by atoms with van der Waals surface area (Å²) in [6, 6.07) is 13.0. The molecule has 2 heterocycles. The molecule has 0 atom stereocenters. The number of fused-ring (bicyclic) bond motifs is 2. The van der Waals surface area contributed by atoms with Crippen LogP contribution < -0.4 is 5.56 Å². The topological polar surface area (TPSA) is 71.5 Å². The average molecular weight is 280 g/mol. The Hall–Kier alpha value is -2.60. The molecule has 0 aliphatic heterocycles. The summed E-state index contributed by atoms with van der Waals surface area (Å²) >= 11 is 1.34. The maximum absolute atomic E-state index is 12.1.